The van der Waals surface area contributed by atoms with E-state index in [0.717, 1.165) is 4.88 Å². The molecule has 4 aromatic rings. The Bertz CT molecular complexity index is 1190. The number of aromatic nitrogens is 2. The van der Waals surface area contributed by atoms with Gasteiger partial charge in [-0.3, -0.25) is 14.2 Å². The van der Waals surface area contributed by atoms with E-state index in [1.165, 1.54) is 0 Å². The first-order valence-corrected chi connectivity index (χ1v) is 9.85. The third kappa shape index (κ3) is 3.34. The summed E-state index contributed by atoms with van der Waals surface area (Å²) in [6, 6.07) is 18.2. The summed E-state index contributed by atoms with van der Waals surface area (Å²) in [4.78, 5) is 31.0. The van der Waals surface area contributed by atoms with Crippen molar-refractivity contribution in [2.45, 2.75) is 19.9 Å². The zero-order valence-electron chi connectivity index (χ0n) is 15.5. The summed E-state index contributed by atoms with van der Waals surface area (Å²) >= 11 is 1.61. The topological polar surface area (TPSA) is 64.0 Å². The first-order valence-electron chi connectivity index (χ1n) is 8.97. The Labute approximate surface area is 166 Å². The molecule has 0 aliphatic carbocycles. The molecule has 2 aromatic carbocycles. The molecule has 0 aliphatic rings. The highest BCUT2D eigenvalue weighted by molar-refractivity contribution is 7.10. The summed E-state index contributed by atoms with van der Waals surface area (Å²) < 4.78 is 1.57. The monoisotopic (exact) mass is 389 g/mol. The van der Waals surface area contributed by atoms with E-state index >= 15 is 0 Å². The smallest absolute Gasteiger partial charge is 0.265 e. The van der Waals surface area contributed by atoms with Gasteiger partial charge in [-0.05, 0) is 61.7 Å². The number of thiophene rings is 1. The fraction of sp³-hybridized carbons (Fsp3) is 0.136. The molecule has 5 nitrogen and oxygen atoms in total. The van der Waals surface area contributed by atoms with E-state index in [-0.39, 0.29) is 17.5 Å². The molecule has 28 heavy (non-hydrogen) atoms. The molecule has 0 spiro atoms. The molecular weight excluding hydrogens is 370 g/mol. The van der Waals surface area contributed by atoms with Crippen LogP contribution in [-0.2, 0) is 0 Å². The summed E-state index contributed by atoms with van der Waals surface area (Å²) in [5, 5.41) is 5.56. The SMILES string of the molecule is Cc1nc2ccccc2c(=O)n1-c1ccc(C(=O)N[C@H](C)c2cccs2)cc1. The standard InChI is InChI=1S/C22H19N3O2S/c1-14(20-8-5-13-28-20)23-21(26)16-9-11-17(12-10-16)25-15(2)24-19-7-4-3-6-18(19)22(25)27/h3-14H,1-2H3,(H,23,26)/t14-/m1/s1. The van der Waals surface area contributed by atoms with Crippen LogP contribution in [0.1, 0.15) is 34.0 Å². The number of amides is 1. The number of carbonyl (C=O) groups is 1. The second kappa shape index (κ2) is 7.40. The number of aryl methyl sites for hydroxylation is 1. The van der Waals surface area contributed by atoms with Gasteiger partial charge < -0.3 is 5.32 Å². The molecule has 0 bridgehead atoms. The summed E-state index contributed by atoms with van der Waals surface area (Å²) in [6.07, 6.45) is 0. The summed E-state index contributed by atoms with van der Waals surface area (Å²) in [7, 11) is 0. The molecule has 0 aliphatic heterocycles. The minimum Gasteiger partial charge on any atom is -0.345 e. The number of hydrogen-bond donors (Lipinski definition) is 1. The highest BCUT2D eigenvalue weighted by Crippen LogP contribution is 2.19. The minimum atomic E-state index is -0.145. The van der Waals surface area contributed by atoms with Gasteiger partial charge in [0.05, 0.1) is 22.6 Å². The Morgan fingerprint density at radius 3 is 2.54 bits per heavy atom. The van der Waals surface area contributed by atoms with Gasteiger partial charge in [-0.1, -0.05) is 18.2 Å². The van der Waals surface area contributed by atoms with Crippen molar-refractivity contribution in [3.63, 3.8) is 0 Å². The van der Waals surface area contributed by atoms with E-state index < -0.39 is 0 Å². The second-order valence-corrected chi connectivity index (χ2v) is 7.55. The highest BCUT2D eigenvalue weighted by atomic mass is 32.1. The van der Waals surface area contributed by atoms with Crippen molar-refractivity contribution < 1.29 is 4.79 Å². The van der Waals surface area contributed by atoms with Gasteiger partial charge in [0.25, 0.3) is 11.5 Å². The van der Waals surface area contributed by atoms with Crippen molar-refractivity contribution in [1.82, 2.24) is 14.9 Å². The molecule has 2 heterocycles. The van der Waals surface area contributed by atoms with Crippen molar-refractivity contribution in [3.8, 4) is 5.69 Å². The number of nitrogens with zero attached hydrogens (tertiary/aromatic N) is 2. The maximum absolute atomic E-state index is 12.9. The van der Waals surface area contributed by atoms with E-state index in [4.69, 9.17) is 0 Å². The van der Waals surface area contributed by atoms with Crippen LogP contribution in [0, 0.1) is 6.92 Å². The molecule has 0 saturated carbocycles. The van der Waals surface area contributed by atoms with Crippen LogP contribution in [0.4, 0.5) is 0 Å². The molecule has 2 aromatic heterocycles. The van der Waals surface area contributed by atoms with Gasteiger partial charge >= 0.3 is 0 Å². The van der Waals surface area contributed by atoms with E-state index in [1.807, 2.05) is 42.6 Å². The van der Waals surface area contributed by atoms with Crippen LogP contribution < -0.4 is 10.9 Å². The van der Waals surface area contributed by atoms with Crippen LogP contribution in [0.3, 0.4) is 0 Å². The van der Waals surface area contributed by atoms with Crippen LogP contribution in [0.15, 0.2) is 70.8 Å². The van der Waals surface area contributed by atoms with Gasteiger partial charge in [-0.25, -0.2) is 4.98 Å². The van der Waals surface area contributed by atoms with Crippen LogP contribution in [0.25, 0.3) is 16.6 Å². The zero-order valence-corrected chi connectivity index (χ0v) is 16.4. The lowest BCUT2D eigenvalue weighted by Gasteiger charge is -2.14. The first kappa shape index (κ1) is 18.1. The lowest BCUT2D eigenvalue weighted by molar-refractivity contribution is 0.0940. The predicted octanol–water partition coefficient (Wildman–Crippen LogP) is 4.25. The molecule has 0 fully saturated rings. The Morgan fingerprint density at radius 2 is 1.82 bits per heavy atom. The maximum Gasteiger partial charge on any atom is 0.265 e. The summed E-state index contributed by atoms with van der Waals surface area (Å²) in [5.41, 5.74) is 1.79. The number of hydrogen-bond acceptors (Lipinski definition) is 4. The number of benzene rings is 2. The largest absolute Gasteiger partial charge is 0.345 e. The van der Waals surface area contributed by atoms with E-state index in [0.29, 0.717) is 28.0 Å². The quantitative estimate of drug-likeness (QED) is 0.568. The van der Waals surface area contributed by atoms with E-state index in [2.05, 4.69) is 10.3 Å². The second-order valence-electron chi connectivity index (χ2n) is 6.57. The summed E-state index contributed by atoms with van der Waals surface area (Å²) in [5.74, 6) is 0.459. The molecule has 0 saturated heterocycles. The molecule has 1 atom stereocenters. The predicted molar refractivity (Wildman–Crippen MR) is 112 cm³/mol. The maximum atomic E-state index is 12.9. The van der Waals surface area contributed by atoms with Crippen molar-refractivity contribution in [3.05, 3.63) is 92.7 Å². The molecule has 0 radical (unpaired) electrons. The molecular formula is C22H19N3O2S. The third-order valence-corrected chi connectivity index (χ3v) is 5.70. The first-order chi connectivity index (χ1) is 13.5. The van der Waals surface area contributed by atoms with Gasteiger partial charge in [-0.2, -0.15) is 0 Å². The average molecular weight is 389 g/mol. The fourth-order valence-electron chi connectivity index (χ4n) is 3.20. The number of carbonyl (C=O) groups excluding carboxylic acids is 1. The number of nitrogens with one attached hydrogen (secondary N) is 1. The Kier molecular flexibility index (Phi) is 4.79. The Hall–Kier alpha value is -3.25. The van der Waals surface area contributed by atoms with Crippen LogP contribution in [0.2, 0.25) is 0 Å². The Morgan fingerprint density at radius 1 is 1.07 bits per heavy atom. The number of fused-ring (bicyclic) bond motifs is 1. The molecule has 140 valence electrons. The van der Waals surface area contributed by atoms with Gasteiger partial charge in [0.15, 0.2) is 0 Å². The Balaban J connectivity index is 1.63. The van der Waals surface area contributed by atoms with Gasteiger partial charge in [0.2, 0.25) is 0 Å². The van der Waals surface area contributed by atoms with Gasteiger partial charge in [0, 0.05) is 10.4 Å². The molecule has 0 unspecified atom stereocenters. The van der Waals surface area contributed by atoms with Crippen molar-refractivity contribution in [1.29, 1.82) is 0 Å². The molecule has 1 N–H and O–H groups in total. The molecule has 1 amide bonds. The van der Waals surface area contributed by atoms with Crippen molar-refractivity contribution >= 4 is 28.1 Å². The lowest BCUT2D eigenvalue weighted by Crippen LogP contribution is -2.26. The van der Waals surface area contributed by atoms with Crippen LogP contribution in [-0.4, -0.2) is 15.5 Å². The van der Waals surface area contributed by atoms with Crippen LogP contribution >= 0.6 is 11.3 Å². The van der Waals surface area contributed by atoms with E-state index in [9.17, 15) is 9.59 Å². The number of para-hydroxylation sites is 1. The van der Waals surface area contributed by atoms with Gasteiger partial charge in [0.1, 0.15) is 5.82 Å². The normalized spacial score (nSPS) is 12.1. The van der Waals surface area contributed by atoms with Crippen molar-refractivity contribution in [2.75, 3.05) is 0 Å². The van der Waals surface area contributed by atoms with E-state index in [1.54, 1.807) is 53.2 Å². The zero-order chi connectivity index (χ0) is 19.7. The average Bonchev–Trinajstić information content (AvgIpc) is 3.23. The highest BCUT2D eigenvalue weighted by Gasteiger charge is 2.14. The lowest BCUT2D eigenvalue weighted by atomic mass is 10.1. The van der Waals surface area contributed by atoms with Crippen LogP contribution in [0.5, 0.6) is 0 Å². The minimum absolute atomic E-state index is 0.0540. The number of rotatable bonds is 4. The molecule has 4 rings (SSSR count). The fourth-order valence-corrected chi connectivity index (χ4v) is 3.93. The summed E-state index contributed by atoms with van der Waals surface area (Å²) in [6.45, 7) is 3.76. The molecule has 6 heteroatoms. The van der Waals surface area contributed by atoms with Gasteiger partial charge in [-0.15, -0.1) is 11.3 Å². The van der Waals surface area contributed by atoms with Crippen molar-refractivity contribution in [2.24, 2.45) is 0 Å². The third-order valence-electron chi connectivity index (χ3n) is 4.65.